The number of aryl methyl sites for hydroxylation is 1. The van der Waals surface area contributed by atoms with Crippen LogP contribution in [0.5, 0.6) is 0 Å². The highest BCUT2D eigenvalue weighted by atomic mass is 32.1. The van der Waals surface area contributed by atoms with Gasteiger partial charge in [-0.3, -0.25) is 5.32 Å². The molecule has 2 aromatic rings. The van der Waals surface area contributed by atoms with E-state index in [2.05, 4.69) is 24.2 Å². The third kappa shape index (κ3) is 3.57. The van der Waals surface area contributed by atoms with Crippen LogP contribution in [0.4, 0.5) is 9.93 Å². The first-order valence-electron chi connectivity index (χ1n) is 7.02. The number of nitrogens with one attached hydrogen (secondary N) is 1. The Hall–Kier alpha value is -1.96. The largest absolute Gasteiger partial charge is 0.337 e. The summed E-state index contributed by atoms with van der Waals surface area (Å²) in [6, 6.07) is -0.0766. The van der Waals surface area contributed by atoms with E-state index in [1.807, 2.05) is 24.3 Å². The van der Waals surface area contributed by atoms with E-state index < -0.39 is 0 Å². The molecule has 0 unspecified atom stereocenters. The van der Waals surface area contributed by atoms with Gasteiger partial charge in [0.15, 0.2) is 0 Å². The van der Waals surface area contributed by atoms with Gasteiger partial charge in [-0.25, -0.2) is 14.8 Å². The number of imidazole rings is 1. The van der Waals surface area contributed by atoms with E-state index in [0.717, 1.165) is 32.5 Å². The normalized spacial score (nSPS) is 16.1. The van der Waals surface area contributed by atoms with Gasteiger partial charge in [-0.05, 0) is 25.7 Å². The van der Waals surface area contributed by atoms with Crippen LogP contribution in [0.1, 0.15) is 18.7 Å². The van der Waals surface area contributed by atoms with Crippen molar-refractivity contribution in [2.75, 3.05) is 18.4 Å². The summed E-state index contributed by atoms with van der Waals surface area (Å²) >= 11 is 1.22. The molecule has 1 aliphatic heterocycles. The van der Waals surface area contributed by atoms with Gasteiger partial charge in [0.2, 0.25) is 5.13 Å². The fourth-order valence-electron chi connectivity index (χ4n) is 2.53. The van der Waals surface area contributed by atoms with Gasteiger partial charge in [0, 0.05) is 43.6 Å². The first-order valence-corrected chi connectivity index (χ1v) is 7.80. The second-order valence-corrected chi connectivity index (χ2v) is 6.02. The van der Waals surface area contributed by atoms with Crippen molar-refractivity contribution in [3.8, 4) is 0 Å². The summed E-state index contributed by atoms with van der Waals surface area (Å²) in [6.07, 6.45) is 7.65. The molecule has 1 N–H and O–H groups in total. The lowest BCUT2D eigenvalue weighted by atomic mass is 9.97. The molecule has 3 heterocycles. The van der Waals surface area contributed by atoms with E-state index in [0.29, 0.717) is 16.9 Å². The van der Waals surface area contributed by atoms with E-state index in [1.54, 1.807) is 6.20 Å². The molecule has 7 nitrogen and oxygen atoms in total. The van der Waals surface area contributed by atoms with Crippen molar-refractivity contribution in [1.29, 1.82) is 0 Å². The Morgan fingerprint density at radius 3 is 2.90 bits per heavy atom. The van der Waals surface area contributed by atoms with Crippen LogP contribution in [0.25, 0.3) is 0 Å². The maximum atomic E-state index is 12.1. The highest BCUT2D eigenvalue weighted by Crippen LogP contribution is 2.20. The molecule has 0 radical (unpaired) electrons. The van der Waals surface area contributed by atoms with E-state index in [4.69, 9.17) is 0 Å². The predicted octanol–water partition coefficient (Wildman–Crippen LogP) is 1.99. The van der Waals surface area contributed by atoms with Gasteiger partial charge in [-0.1, -0.05) is 0 Å². The molecule has 0 atom stereocenters. The number of likely N-dealkylation sites (tertiary alicyclic amines) is 1. The summed E-state index contributed by atoms with van der Waals surface area (Å²) in [4.78, 5) is 22.2. The van der Waals surface area contributed by atoms with Gasteiger partial charge in [0.1, 0.15) is 5.82 Å². The van der Waals surface area contributed by atoms with Crippen molar-refractivity contribution in [2.24, 2.45) is 5.92 Å². The summed E-state index contributed by atoms with van der Waals surface area (Å²) in [6.45, 7) is 4.35. The van der Waals surface area contributed by atoms with Crippen LogP contribution in [0, 0.1) is 12.8 Å². The highest BCUT2D eigenvalue weighted by Gasteiger charge is 2.23. The third-order valence-electron chi connectivity index (χ3n) is 3.67. The van der Waals surface area contributed by atoms with Crippen LogP contribution in [-0.4, -0.2) is 42.9 Å². The molecule has 0 bridgehead atoms. The van der Waals surface area contributed by atoms with Gasteiger partial charge < -0.3 is 9.47 Å². The maximum Gasteiger partial charge on any atom is 0.323 e. The number of carbonyl (C=O) groups is 1. The third-order valence-corrected chi connectivity index (χ3v) is 4.39. The van der Waals surface area contributed by atoms with Crippen LogP contribution in [0.3, 0.4) is 0 Å². The molecule has 1 fully saturated rings. The minimum atomic E-state index is -0.0766. The zero-order chi connectivity index (χ0) is 14.7. The number of piperidine rings is 1. The standard InChI is InChI=1S/C13H18N6OS/c1-10-15-12(21-17-10)16-13(20)19-5-2-11(3-6-19)8-18-7-4-14-9-18/h4,7,9,11H,2-3,5-6,8H2,1H3,(H,15,16,17,20). The second kappa shape index (κ2) is 6.21. The summed E-state index contributed by atoms with van der Waals surface area (Å²) in [5, 5.41) is 3.38. The molecule has 21 heavy (non-hydrogen) atoms. The van der Waals surface area contributed by atoms with E-state index in [9.17, 15) is 4.79 Å². The first-order chi connectivity index (χ1) is 10.2. The van der Waals surface area contributed by atoms with Gasteiger partial charge in [-0.2, -0.15) is 4.37 Å². The fraction of sp³-hybridized carbons (Fsp3) is 0.538. The Bertz CT molecular complexity index is 588. The molecular weight excluding hydrogens is 288 g/mol. The molecule has 1 saturated heterocycles. The van der Waals surface area contributed by atoms with Crippen molar-refractivity contribution >= 4 is 22.7 Å². The SMILES string of the molecule is Cc1nsc(NC(=O)N2CCC(Cn3ccnc3)CC2)n1. The van der Waals surface area contributed by atoms with E-state index >= 15 is 0 Å². The number of aromatic nitrogens is 4. The lowest BCUT2D eigenvalue weighted by molar-refractivity contribution is 0.177. The van der Waals surface area contributed by atoms with Crippen LogP contribution in [-0.2, 0) is 6.54 Å². The van der Waals surface area contributed by atoms with Crippen LogP contribution in [0.2, 0.25) is 0 Å². The van der Waals surface area contributed by atoms with E-state index in [-0.39, 0.29) is 6.03 Å². The topological polar surface area (TPSA) is 75.9 Å². The molecule has 112 valence electrons. The summed E-state index contributed by atoms with van der Waals surface area (Å²) in [7, 11) is 0. The summed E-state index contributed by atoms with van der Waals surface area (Å²) in [5.41, 5.74) is 0. The molecule has 2 aromatic heterocycles. The zero-order valence-electron chi connectivity index (χ0n) is 11.9. The average molecular weight is 306 g/mol. The van der Waals surface area contributed by atoms with Gasteiger partial charge in [-0.15, -0.1) is 0 Å². The summed E-state index contributed by atoms with van der Waals surface area (Å²) < 4.78 is 6.16. The minimum Gasteiger partial charge on any atom is -0.337 e. The van der Waals surface area contributed by atoms with Crippen LogP contribution < -0.4 is 5.32 Å². The van der Waals surface area contributed by atoms with Gasteiger partial charge in [0.05, 0.1) is 6.33 Å². The molecule has 8 heteroatoms. The lowest BCUT2D eigenvalue weighted by Gasteiger charge is -2.31. The van der Waals surface area contributed by atoms with Crippen molar-refractivity contribution in [3.63, 3.8) is 0 Å². The molecule has 0 aromatic carbocycles. The lowest BCUT2D eigenvalue weighted by Crippen LogP contribution is -2.41. The Morgan fingerprint density at radius 1 is 1.48 bits per heavy atom. The van der Waals surface area contributed by atoms with Crippen molar-refractivity contribution < 1.29 is 4.79 Å². The number of amides is 2. The molecule has 0 aliphatic carbocycles. The zero-order valence-corrected chi connectivity index (χ0v) is 12.7. The quantitative estimate of drug-likeness (QED) is 0.941. The molecule has 2 amide bonds. The highest BCUT2D eigenvalue weighted by molar-refractivity contribution is 7.09. The number of hydrogen-bond acceptors (Lipinski definition) is 5. The first kappa shape index (κ1) is 14.0. The monoisotopic (exact) mass is 306 g/mol. The molecule has 0 spiro atoms. The smallest absolute Gasteiger partial charge is 0.323 e. The fourth-order valence-corrected chi connectivity index (χ4v) is 3.10. The number of carbonyl (C=O) groups excluding carboxylic acids is 1. The number of rotatable bonds is 3. The predicted molar refractivity (Wildman–Crippen MR) is 80.2 cm³/mol. The Balaban J connectivity index is 1.47. The minimum absolute atomic E-state index is 0.0766. The molecule has 0 saturated carbocycles. The van der Waals surface area contributed by atoms with Crippen molar-refractivity contribution in [3.05, 3.63) is 24.5 Å². The average Bonchev–Trinajstić information content (AvgIpc) is 3.12. The Morgan fingerprint density at radius 2 is 2.29 bits per heavy atom. The number of urea groups is 1. The van der Waals surface area contributed by atoms with E-state index in [1.165, 1.54) is 11.5 Å². The number of nitrogens with zero attached hydrogens (tertiary/aromatic N) is 5. The van der Waals surface area contributed by atoms with Crippen LogP contribution >= 0.6 is 11.5 Å². The Labute approximate surface area is 127 Å². The van der Waals surface area contributed by atoms with Gasteiger partial charge >= 0.3 is 6.03 Å². The maximum absolute atomic E-state index is 12.1. The molecule has 3 rings (SSSR count). The second-order valence-electron chi connectivity index (χ2n) is 5.27. The van der Waals surface area contributed by atoms with Crippen LogP contribution in [0.15, 0.2) is 18.7 Å². The number of hydrogen-bond donors (Lipinski definition) is 1. The molecule has 1 aliphatic rings. The number of anilines is 1. The van der Waals surface area contributed by atoms with Gasteiger partial charge in [0.25, 0.3) is 0 Å². The summed E-state index contributed by atoms with van der Waals surface area (Å²) in [5.74, 6) is 1.29. The van der Waals surface area contributed by atoms with Crippen molar-refractivity contribution in [2.45, 2.75) is 26.3 Å². The molecular formula is C13H18N6OS. The Kier molecular flexibility index (Phi) is 4.14. The van der Waals surface area contributed by atoms with Crippen molar-refractivity contribution in [1.82, 2.24) is 23.8 Å².